The Morgan fingerprint density at radius 3 is 2.87 bits per heavy atom. The predicted molar refractivity (Wildman–Crippen MR) is 61.0 cm³/mol. The number of aliphatic hydroxyl groups excluding tert-OH is 1. The quantitative estimate of drug-likeness (QED) is 0.861. The maximum Gasteiger partial charge on any atom is 0.103 e. The number of hydrogen-bond acceptors (Lipinski definition) is 3. The molecule has 0 spiro atoms. The van der Waals surface area contributed by atoms with Crippen LogP contribution in [0.25, 0.3) is 0 Å². The molecule has 1 atom stereocenters. The average Bonchev–Trinajstić information content (AvgIpc) is 2.84. The summed E-state index contributed by atoms with van der Waals surface area (Å²) in [7, 11) is 0. The molecule has 0 saturated heterocycles. The standard InChI is InChI=1S/C12H14O2S/c1-9-4-7-12(15-9)11(13)6-5-10-3-2-8-14-10/h2-4,7-8,11,13H,5-6H2,1H3. The Labute approximate surface area is 93.2 Å². The number of hydrogen-bond donors (Lipinski definition) is 1. The van der Waals surface area contributed by atoms with Gasteiger partial charge in [-0.15, -0.1) is 11.3 Å². The second-order valence-corrected chi connectivity index (χ2v) is 4.90. The van der Waals surface area contributed by atoms with E-state index in [-0.39, 0.29) is 6.10 Å². The van der Waals surface area contributed by atoms with Gasteiger partial charge in [0.1, 0.15) is 5.76 Å². The Kier molecular flexibility index (Phi) is 3.23. The van der Waals surface area contributed by atoms with Crippen LogP contribution in [0.5, 0.6) is 0 Å². The van der Waals surface area contributed by atoms with Crippen LogP contribution in [-0.4, -0.2) is 5.11 Å². The zero-order valence-electron chi connectivity index (χ0n) is 8.64. The fourth-order valence-corrected chi connectivity index (χ4v) is 2.41. The molecule has 0 bridgehead atoms. The number of rotatable bonds is 4. The molecule has 0 radical (unpaired) electrons. The van der Waals surface area contributed by atoms with E-state index in [9.17, 15) is 5.11 Å². The second-order valence-electron chi connectivity index (χ2n) is 3.58. The third-order valence-corrected chi connectivity index (χ3v) is 3.44. The van der Waals surface area contributed by atoms with Crippen LogP contribution in [0.15, 0.2) is 34.9 Å². The molecule has 2 rings (SSSR count). The highest BCUT2D eigenvalue weighted by molar-refractivity contribution is 7.11. The van der Waals surface area contributed by atoms with Crippen molar-refractivity contribution in [2.45, 2.75) is 25.9 Å². The van der Waals surface area contributed by atoms with E-state index in [4.69, 9.17) is 4.42 Å². The van der Waals surface area contributed by atoms with Gasteiger partial charge in [0.2, 0.25) is 0 Å². The lowest BCUT2D eigenvalue weighted by Gasteiger charge is -2.06. The fraction of sp³-hybridized carbons (Fsp3) is 0.333. The first-order chi connectivity index (χ1) is 7.25. The first kappa shape index (κ1) is 10.5. The Bertz CT molecular complexity index is 403. The van der Waals surface area contributed by atoms with Crippen molar-refractivity contribution in [1.82, 2.24) is 0 Å². The van der Waals surface area contributed by atoms with Gasteiger partial charge < -0.3 is 9.52 Å². The predicted octanol–water partition coefficient (Wildman–Crippen LogP) is 3.32. The highest BCUT2D eigenvalue weighted by Crippen LogP contribution is 2.26. The first-order valence-corrected chi connectivity index (χ1v) is 5.84. The van der Waals surface area contributed by atoms with E-state index in [0.29, 0.717) is 6.42 Å². The normalized spacial score (nSPS) is 12.9. The van der Waals surface area contributed by atoms with Crippen molar-refractivity contribution >= 4 is 11.3 Å². The van der Waals surface area contributed by atoms with Crippen LogP contribution < -0.4 is 0 Å². The number of furan rings is 1. The smallest absolute Gasteiger partial charge is 0.103 e. The summed E-state index contributed by atoms with van der Waals surface area (Å²) < 4.78 is 5.22. The van der Waals surface area contributed by atoms with E-state index < -0.39 is 0 Å². The van der Waals surface area contributed by atoms with Crippen LogP contribution in [-0.2, 0) is 6.42 Å². The maximum atomic E-state index is 9.90. The van der Waals surface area contributed by atoms with E-state index in [1.807, 2.05) is 31.2 Å². The SMILES string of the molecule is Cc1ccc(C(O)CCc2ccco2)s1. The highest BCUT2D eigenvalue weighted by atomic mass is 32.1. The zero-order valence-corrected chi connectivity index (χ0v) is 9.46. The lowest BCUT2D eigenvalue weighted by atomic mass is 10.1. The fourth-order valence-electron chi connectivity index (χ4n) is 1.51. The minimum atomic E-state index is -0.367. The summed E-state index contributed by atoms with van der Waals surface area (Å²) >= 11 is 1.65. The van der Waals surface area contributed by atoms with Gasteiger partial charge in [-0.2, -0.15) is 0 Å². The van der Waals surface area contributed by atoms with Crippen LogP contribution in [0.3, 0.4) is 0 Å². The van der Waals surface area contributed by atoms with Crippen molar-refractivity contribution in [3.05, 3.63) is 46.0 Å². The summed E-state index contributed by atoms with van der Waals surface area (Å²) in [5.74, 6) is 0.933. The Hall–Kier alpha value is -1.06. The summed E-state index contributed by atoms with van der Waals surface area (Å²) in [5.41, 5.74) is 0. The van der Waals surface area contributed by atoms with E-state index in [2.05, 4.69) is 0 Å². The van der Waals surface area contributed by atoms with Crippen molar-refractivity contribution in [3.8, 4) is 0 Å². The van der Waals surface area contributed by atoms with Gasteiger partial charge in [0.05, 0.1) is 12.4 Å². The molecule has 2 aromatic heterocycles. The number of thiophene rings is 1. The van der Waals surface area contributed by atoms with E-state index in [1.165, 1.54) is 4.88 Å². The molecule has 80 valence electrons. The molecule has 2 aromatic rings. The van der Waals surface area contributed by atoms with Crippen molar-refractivity contribution in [3.63, 3.8) is 0 Å². The maximum absolute atomic E-state index is 9.90. The van der Waals surface area contributed by atoms with Gasteiger partial charge in [-0.1, -0.05) is 0 Å². The molecule has 1 N–H and O–H groups in total. The molecule has 0 aliphatic carbocycles. The van der Waals surface area contributed by atoms with Crippen LogP contribution >= 0.6 is 11.3 Å². The second kappa shape index (κ2) is 4.64. The number of aliphatic hydroxyl groups is 1. The van der Waals surface area contributed by atoms with E-state index in [0.717, 1.165) is 17.1 Å². The monoisotopic (exact) mass is 222 g/mol. The van der Waals surface area contributed by atoms with Crippen molar-refractivity contribution in [2.24, 2.45) is 0 Å². The van der Waals surface area contributed by atoms with Crippen LogP contribution in [0.1, 0.15) is 28.0 Å². The van der Waals surface area contributed by atoms with Gasteiger partial charge in [0.25, 0.3) is 0 Å². The lowest BCUT2D eigenvalue weighted by molar-refractivity contribution is 0.169. The van der Waals surface area contributed by atoms with Gasteiger partial charge in [-0.3, -0.25) is 0 Å². The minimum absolute atomic E-state index is 0.367. The van der Waals surface area contributed by atoms with Gasteiger partial charge in [-0.05, 0) is 37.6 Å². The van der Waals surface area contributed by atoms with Gasteiger partial charge in [0, 0.05) is 16.2 Å². The Morgan fingerprint density at radius 2 is 2.27 bits per heavy atom. The first-order valence-electron chi connectivity index (χ1n) is 5.02. The lowest BCUT2D eigenvalue weighted by Crippen LogP contribution is -1.96. The largest absolute Gasteiger partial charge is 0.469 e. The molecule has 1 unspecified atom stereocenters. The van der Waals surface area contributed by atoms with Gasteiger partial charge in [0.15, 0.2) is 0 Å². The third-order valence-electron chi connectivity index (χ3n) is 2.33. The highest BCUT2D eigenvalue weighted by Gasteiger charge is 2.10. The molecule has 0 saturated carbocycles. The van der Waals surface area contributed by atoms with Crippen LogP contribution in [0.4, 0.5) is 0 Å². The molecular formula is C12H14O2S. The topological polar surface area (TPSA) is 33.4 Å². The third kappa shape index (κ3) is 2.70. The van der Waals surface area contributed by atoms with Crippen LogP contribution in [0, 0.1) is 6.92 Å². The van der Waals surface area contributed by atoms with Crippen molar-refractivity contribution in [1.29, 1.82) is 0 Å². The van der Waals surface area contributed by atoms with E-state index >= 15 is 0 Å². The molecule has 0 aliphatic heterocycles. The molecule has 0 aromatic carbocycles. The number of aryl methyl sites for hydroxylation is 2. The molecule has 0 fully saturated rings. The zero-order chi connectivity index (χ0) is 10.7. The summed E-state index contributed by atoms with van der Waals surface area (Å²) in [5, 5.41) is 9.90. The Morgan fingerprint density at radius 1 is 1.40 bits per heavy atom. The van der Waals surface area contributed by atoms with Crippen LogP contribution in [0.2, 0.25) is 0 Å². The van der Waals surface area contributed by atoms with Gasteiger partial charge >= 0.3 is 0 Å². The average molecular weight is 222 g/mol. The summed E-state index contributed by atoms with van der Waals surface area (Å²) in [6.07, 6.45) is 2.80. The van der Waals surface area contributed by atoms with Crippen molar-refractivity contribution < 1.29 is 9.52 Å². The van der Waals surface area contributed by atoms with Gasteiger partial charge in [-0.25, -0.2) is 0 Å². The molecule has 3 heteroatoms. The Balaban J connectivity index is 1.90. The molecule has 0 aliphatic rings. The summed E-state index contributed by atoms with van der Waals surface area (Å²) in [6.45, 7) is 2.05. The molecule has 2 nitrogen and oxygen atoms in total. The minimum Gasteiger partial charge on any atom is -0.469 e. The van der Waals surface area contributed by atoms with E-state index in [1.54, 1.807) is 17.6 Å². The molecule has 0 amide bonds. The summed E-state index contributed by atoms with van der Waals surface area (Å²) in [4.78, 5) is 2.28. The van der Waals surface area contributed by atoms with Crippen molar-refractivity contribution in [2.75, 3.05) is 0 Å². The molecular weight excluding hydrogens is 208 g/mol. The molecule has 15 heavy (non-hydrogen) atoms. The summed E-state index contributed by atoms with van der Waals surface area (Å²) in [6, 6.07) is 7.84. The molecule has 2 heterocycles.